The van der Waals surface area contributed by atoms with Crippen LogP contribution in [0.1, 0.15) is 10.5 Å². The van der Waals surface area contributed by atoms with Crippen molar-refractivity contribution in [1.29, 1.82) is 0 Å². The van der Waals surface area contributed by atoms with Gasteiger partial charge >= 0.3 is 0 Å². The summed E-state index contributed by atoms with van der Waals surface area (Å²) < 4.78 is 0. The SMILES string of the molecule is NC(=O)c1csc(-c2cn[nH]c2)n1. The molecule has 2 rings (SSSR count). The van der Waals surface area contributed by atoms with E-state index in [2.05, 4.69) is 15.2 Å². The Hall–Kier alpha value is -1.69. The number of aromatic nitrogens is 3. The highest BCUT2D eigenvalue weighted by atomic mass is 32.1. The van der Waals surface area contributed by atoms with E-state index in [-0.39, 0.29) is 0 Å². The summed E-state index contributed by atoms with van der Waals surface area (Å²) in [7, 11) is 0. The summed E-state index contributed by atoms with van der Waals surface area (Å²) in [5.41, 5.74) is 6.21. The average molecular weight is 194 g/mol. The van der Waals surface area contributed by atoms with Gasteiger partial charge in [0.05, 0.1) is 6.20 Å². The smallest absolute Gasteiger partial charge is 0.268 e. The fourth-order valence-corrected chi connectivity index (χ4v) is 1.68. The molecule has 0 aliphatic rings. The van der Waals surface area contributed by atoms with Gasteiger partial charge in [-0.1, -0.05) is 0 Å². The Bertz CT molecular complexity index is 419. The van der Waals surface area contributed by atoms with Crippen molar-refractivity contribution >= 4 is 17.2 Å². The minimum atomic E-state index is -0.508. The fourth-order valence-electron chi connectivity index (χ4n) is 0.887. The molecule has 66 valence electrons. The molecule has 0 radical (unpaired) electrons. The third-order valence-corrected chi connectivity index (χ3v) is 2.39. The van der Waals surface area contributed by atoms with Gasteiger partial charge in [-0.15, -0.1) is 11.3 Å². The van der Waals surface area contributed by atoms with Crippen molar-refractivity contribution in [3.8, 4) is 10.6 Å². The first-order chi connectivity index (χ1) is 6.27. The molecule has 0 aromatic carbocycles. The van der Waals surface area contributed by atoms with Gasteiger partial charge in [-0.05, 0) is 0 Å². The number of carbonyl (C=O) groups excluding carboxylic acids is 1. The number of nitrogens with two attached hydrogens (primary N) is 1. The van der Waals surface area contributed by atoms with E-state index in [4.69, 9.17) is 5.73 Å². The largest absolute Gasteiger partial charge is 0.364 e. The summed E-state index contributed by atoms with van der Waals surface area (Å²) in [5, 5.41) is 8.81. The molecule has 2 heterocycles. The Morgan fingerprint density at radius 1 is 1.62 bits per heavy atom. The van der Waals surface area contributed by atoms with Gasteiger partial charge in [0.15, 0.2) is 0 Å². The molecule has 0 saturated heterocycles. The molecule has 0 unspecified atom stereocenters. The number of thiazole rings is 1. The molecule has 0 saturated carbocycles. The van der Waals surface area contributed by atoms with Crippen LogP contribution in [0.4, 0.5) is 0 Å². The molecule has 0 atom stereocenters. The summed E-state index contributed by atoms with van der Waals surface area (Å²) in [5.74, 6) is -0.508. The molecular weight excluding hydrogens is 188 g/mol. The van der Waals surface area contributed by atoms with Gasteiger partial charge in [-0.25, -0.2) is 4.98 Å². The van der Waals surface area contributed by atoms with Gasteiger partial charge in [0, 0.05) is 17.1 Å². The van der Waals surface area contributed by atoms with Crippen molar-refractivity contribution in [1.82, 2.24) is 15.2 Å². The van der Waals surface area contributed by atoms with Crippen LogP contribution in [0.5, 0.6) is 0 Å². The van der Waals surface area contributed by atoms with Crippen LogP contribution in [0.25, 0.3) is 10.6 Å². The molecule has 0 spiro atoms. The zero-order chi connectivity index (χ0) is 9.26. The maximum absolute atomic E-state index is 10.7. The predicted octanol–water partition coefficient (Wildman–Crippen LogP) is 0.632. The van der Waals surface area contributed by atoms with Crippen molar-refractivity contribution < 1.29 is 4.79 Å². The Morgan fingerprint density at radius 2 is 2.46 bits per heavy atom. The standard InChI is InChI=1S/C7H6N4OS/c8-6(12)5-3-13-7(11-5)4-1-9-10-2-4/h1-3H,(H2,8,12)(H,9,10). The lowest BCUT2D eigenvalue weighted by Gasteiger charge is -1.85. The Labute approximate surface area is 77.6 Å². The van der Waals surface area contributed by atoms with Gasteiger partial charge < -0.3 is 5.73 Å². The number of H-pyrrole nitrogens is 1. The maximum atomic E-state index is 10.7. The van der Waals surface area contributed by atoms with E-state index in [1.807, 2.05) is 0 Å². The quantitative estimate of drug-likeness (QED) is 0.735. The van der Waals surface area contributed by atoms with Crippen LogP contribution in [0.15, 0.2) is 17.8 Å². The van der Waals surface area contributed by atoms with Crippen LogP contribution in [0.2, 0.25) is 0 Å². The third kappa shape index (κ3) is 1.43. The molecule has 2 aromatic heterocycles. The van der Waals surface area contributed by atoms with E-state index in [9.17, 15) is 4.79 Å². The molecule has 0 fully saturated rings. The second kappa shape index (κ2) is 2.98. The number of hydrogen-bond donors (Lipinski definition) is 2. The first kappa shape index (κ1) is 7.93. The van der Waals surface area contributed by atoms with Crippen molar-refractivity contribution in [2.24, 2.45) is 5.73 Å². The number of nitrogens with zero attached hydrogens (tertiary/aromatic N) is 2. The fraction of sp³-hybridized carbons (Fsp3) is 0. The Kier molecular flexibility index (Phi) is 1.82. The monoisotopic (exact) mass is 194 g/mol. The van der Waals surface area contributed by atoms with E-state index in [0.29, 0.717) is 5.69 Å². The molecular formula is C7H6N4OS. The number of primary amides is 1. The topological polar surface area (TPSA) is 84.7 Å². The van der Waals surface area contributed by atoms with Crippen molar-refractivity contribution in [2.75, 3.05) is 0 Å². The van der Waals surface area contributed by atoms with Gasteiger partial charge in [0.2, 0.25) is 0 Å². The molecule has 5 nitrogen and oxygen atoms in total. The number of carbonyl (C=O) groups is 1. The maximum Gasteiger partial charge on any atom is 0.268 e. The highest BCUT2D eigenvalue weighted by Crippen LogP contribution is 2.21. The van der Waals surface area contributed by atoms with Gasteiger partial charge in [-0.2, -0.15) is 5.10 Å². The summed E-state index contributed by atoms with van der Waals surface area (Å²) >= 11 is 1.36. The number of nitrogens with one attached hydrogen (secondary N) is 1. The van der Waals surface area contributed by atoms with Crippen molar-refractivity contribution in [2.45, 2.75) is 0 Å². The number of hydrogen-bond acceptors (Lipinski definition) is 4. The lowest BCUT2D eigenvalue weighted by Crippen LogP contribution is -2.10. The Balaban J connectivity index is 2.39. The molecule has 1 amide bonds. The first-order valence-corrected chi connectivity index (χ1v) is 4.40. The van der Waals surface area contributed by atoms with Gasteiger partial charge in [0.1, 0.15) is 10.7 Å². The van der Waals surface area contributed by atoms with Crippen LogP contribution in [-0.2, 0) is 0 Å². The highest BCUT2D eigenvalue weighted by molar-refractivity contribution is 7.13. The summed E-state index contributed by atoms with van der Waals surface area (Å²) in [6, 6.07) is 0. The zero-order valence-corrected chi connectivity index (χ0v) is 7.34. The summed E-state index contributed by atoms with van der Waals surface area (Å²) in [6.07, 6.45) is 3.35. The third-order valence-electron chi connectivity index (χ3n) is 1.50. The van der Waals surface area contributed by atoms with Crippen LogP contribution < -0.4 is 5.73 Å². The molecule has 2 aromatic rings. The normalized spacial score (nSPS) is 10.2. The van der Waals surface area contributed by atoms with Crippen molar-refractivity contribution in [3.63, 3.8) is 0 Å². The lowest BCUT2D eigenvalue weighted by atomic mass is 10.4. The van der Waals surface area contributed by atoms with Gasteiger partial charge in [0.25, 0.3) is 5.91 Å². The van der Waals surface area contributed by atoms with E-state index in [1.54, 1.807) is 17.8 Å². The summed E-state index contributed by atoms with van der Waals surface area (Å²) in [4.78, 5) is 14.8. The Morgan fingerprint density at radius 3 is 3.00 bits per heavy atom. The molecule has 13 heavy (non-hydrogen) atoms. The van der Waals surface area contributed by atoms with Crippen LogP contribution in [-0.4, -0.2) is 21.1 Å². The van der Waals surface area contributed by atoms with Crippen LogP contribution in [0, 0.1) is 0 Å². The van der Waals surface area contributed by atoms with Crippen LogP contribution in [0.3, 0.4) is 0 Å². The predicted molar refractivity (Wildman–Crippen MR) is 48.2 cm³/mol. The molecule has 0 aliphatic heterocycles. The van der Waals surface area contributed by atoms with E-state index in [0.717, 1.165) is 10.6 Å². The number of aromatic amines is 1. The minimum absolute atomic E-state index is 0.293. The highest BCUT2D eigenvalue weighted by Gasteiger charge is 2.08. The van der Waals surface area contributed by atoms with Crippen LogP contribution >= 0.6 is 11.3 Å². The van der Waals surface area contributed by atoms with E-state index >= 15 is 0 Å². The first-order valence-electron chi connectivity index (χ1n) is 3.52. The van der Waals surface area contributed by atoms with Crippen molar-refractivity contribution in [3.05, 3.63) is 23.5 Å². The molecule has 0 bridgehead atoms. The zero-order valence-electron chi connectivity index (χ0n) is 6.52. The van der Waals surface area contributed by atoms with Gasteiger partial charge in [-0.3, -0.25) is 9.89 Å². The second-order valence-electron chi connectivity index (χ2n) is 2.39. The average Bonchev–Trinajstić information content (AvgIpc) is 2.75. The second-order valence-corrected chi connectivity index (χ2v) is 3.25. The molecule has 3 N–H and O–H groups in total. The minimum Gasteiger partial charge on any atom is -0.364 e. The molecule has 6 heteroatoms. The number of rotatable bonds is 2. The number of amides is 1. The van der Waals surface area contributed by atoms with E-state index in [1.165, 1.54) is 11.3 Å². The summed E-state index contributed by atoms with van der Waals surface area (Å²) in [6.45, 7) is 0. The lowest BCUT2D eigenvalue weighted by molar-refractivity contribution is 0.0996. The van der Waals surface area contributed by atoms with E-state index < -0.39 is 5.91 Å². The molecule has 0 aliphatic carbocycles.